The van der Waals surface area contributed by atoms with Crippen LogP contribution in [0.25, 0.3) is 22.4 Å². The molecule has 0 radical (unpaired) electrons. The zero-order chi connectivity index (χ0) is 26.4. The fourth-order valence-corrected chi connectivity index (χ4v) is 5.11. The van der Waals surface area contributed by atoms with E-state index in [9.17, 15) is 9.59 Å². The Morgan fingerprint density at radius 3 is 2.27 bits per heavy atom. The fraction of sp³-hybridized carbons (Fsp3) is 0.367. The molecule has 0 atom stereocenters. The van der Waals surface area contributed by atoms with E-state index in [2.05, 4.69) is 16.0 Å². The van der Waals surface area contributed by atoms with Gasteiger partial charge in [-0.25, -0.2) is 4.79 Å². The molecule has 1 saturated carbocycles. The van der Waals surface area contributed by atoms with Crippen LogP contribution >= 0.6 is 0 Å². The summed E-state index contributed by atoms with van der Waals surface area (Å²) in [5.41, 5.74) is 4.44. The van der Waals surface area contributed by atoms with Crippen LogP contribution in [0.3, 0.4) is 0 Å². The van der Waals surface area contributed by atoms with Gasteiger partial charge in [0.05, 0.1) is 23.1 Å². The zero-order valence-corrected chi connectivity index (χ0v) is 21.8. The predicted octanol–water partition coefficient (Wildman–Crippen LogP) is 6.03. The van der Waals surface area contributed by atoms with Crippen LogP contribution in [0.5, 0.6) is 0 Å². The number of hydrogen-bond donors (Lipinski definition) is 4. The van der Waals surface area contributed by atoms with Gasteiger partial charge in [0, 0.05) is 23.6 Å². The van der Waals surface area contributed by atoms with E-state index in [0.717, 1.165) is 53.6 Å². The Hall–Kier alpha value is -3.71. The molecule has 1 fully saturated rings. The molecule has 2 amide bonds. The van der Waals surface area contributed by atoms with Crippen LogP contribution < -0.4 is 16.0 Å². The number of carbonyl (C=O) groups is 2. The number of anilines is 1. The molecule has 1 heterocycles. The smallest absolute Gasteiger partial charge is 0.405 e. The zero-order valence-electron chi connectivity index (χ0n) is 21.8. The van der Waals surface area contributed by atoms with Crippen LogP contribution in [0.4, 0.5) is 10.5 Å². The molecule has 194 valence electrons. The number of nitrogens with zero attached hydrogens (tertiary/aromatic N) is 1. The number of benzene rings is 2. The van der Waals surface area contributed by atoms with Crippen molar-refractivity contribution in [2.75, 3.05) is 12.4 Å². The van der Waals surface area contributed by atoms with Crippen LogP contribution in [0.15, 0.2) is 66.9 Å². The molecule has 4 rings (SSSR count). The second-order valence-electron chi connectivity index (χ2n) is 10.4. The summed E-state index contributed by atoms with van der Waals surface area (Å²) in [6, 6.07) is 20.3. The quantitative estimate of drug-likeness (QED) is 0.303. The minimum absolute atomic E-state index is 0.0268. The topological polar surface area (TPSA) is 103 Å². The number of pyridine rings is 1. The molecular weight excluding hydrogens is 464 g/mol. The monoisotopic (exact) mass is 500 g/mol. The first-order valence-corrected chi connectivity index (χ1v) is 12.9. The summed E-state index contributed by atoms with van der Waals surface area (Å²) in [6.07, 6.45) is 5.55. The van der Waals surface area contributed by atoms with Gasteiger partial charge in [0.15, 0.2) is 0 Å². The summed E-state index contributed by atoms with van der Waals surface area (Å²) in [4.78, 5) is 28.8. The second-order valence-corrected chi connectivity index (χ2v) is 10.4. The molecule has 0 aliphatic heterocycles. The average Bonchev–Trinajstić information content (AvgIpc) is 2.89. The van der Waals surface area contributed by atoms with E-state index < -0.39 is 11.6 Å². The Labute approximate surface area is 218 Å². The Balaban J connectivity index is 1.56. The van der Waals surface area contributed by atoms with E-state index >= 15 is 0 Å². The molecule has 0 spiro atoms. The van der Waals surface area contributed by atoms with Gasteiger partial charge in [0.1, 0.15) is 0 Å². The summed E-state index contributed by atoms with van der Waals surface area (Å²) in [6.45, 7) is 3.65. The first-order valence-electron chi connectivity index (χ1n) is 12.9. The number of aromatic nitrogens is 1. The molecule has 4 N–H and O–H groups in total. The van der Waals surface area contributed by atoms with E-state index in [4.69, 9.17) is 10.1 Å². The predicted molar refractivity (Wildman–Crippen MR) is 147 cm³/mol. The SMILES string of the molecule is CN[C@H]1CC[C@H](CC(=O)Nc2cnc(-c3ccc(C(C)(C)NC(=O)O)cc3)c(-c3ccccc3)c2)CC1. The Kier molecular flexibility index (Phi) is 8.24. The first kappa shape index (κ1) is 26.4. The number of carboxylic acid groups (broad SMARTS) is 1. The van der Waals surface area contributed by atoms with Crippen molar-refractivity contribution in [2.45, 2.75) is 57.5 Å². The number of hydrogen-bond acceptors (Lipinski definition) is 4. The molecule has 1 aromatic heterocycles. The van der Waals surface area contributed by atoms with Gasteiger partial charge in [-0.3, -0.25) is 9.78 Å². The highest BCUT2D eigenvalue weighted by molar-refractivity contribution is 5.93. The van der Waals surface area contributed by atoms with Gasteiger partial charge in [-0.2, -0.15) is 0 Å². The highest BCUT2D eigenvalue weighted by Crippen LogP contribution is 2.34. The summed E-state index contributed by atoms with van der Waals surface area (Å²) >= 11 is 0. The van der Waals surface area contributed by atoms with Gasteiger partial charge in [0.2, 0.25) is 5.91 Å². The Morgan fingerprint density at radius 1 is 0.973 bits per heavy atom. The second kappa shape index (κ2) is 11.6. The molecule has 3 aromatic rings. The van der Waals surface area contributed by atoms with Gasteiger partial charge in [-0.05, 0) is 69.7 Å². The molecule has 1 aliphatic rings. The lowest BCUT2D eigenvalue weighted by molar-refractivity contribution is -0.117. The largest absolute Gasteiger partial charge is 0.465 e. The van der Waals surface area contributed by atoms with Crippen molar-refractivity contribution in [3.63, 3.8) is 0 Å². The number of carbonyl (C=O) groups excluding carboxylic acids is 1. The highest BCUT2D eigenvalue weighted by Gasteiger charge is 2.24. The summed E-state index contributed by atoms with van der Waals surface area (Å²) in [5, 5.41) is 18.1. The third-order valence-electron chi connectivity index (χ3n) is 7.28. The van der Waals surface area contributed by atoms with Gasteiger partial charge < -0.3 is 21.1 Å². The maximum Gasteiger partial charge on any atom is 0.405 e. The van der Waals surface area contributed by atoms with Crippen LogP contribution in [0.2, 0.25) is 0 Å². The maximum atomic E-state index is 12.8. The van der Waals surface area contributed by atoms with Crippen molar-refractivity contribution in [1.82, 2.24) is 15.6 Å². The van der Waals surface area contributed by atoms with Gasteiger partial charge in [0.25, 0.3) is 0 Å². The molecule has 0 bridgehead atoms. The number of amides is 2. The molecule has 1 aliphatic carbocycles. The number of rotatable bonds is 8. The van der Waals surface area contributed by atoms with Crippen molar-refractivity contribution in [3.05, 3.63) is 72.4 Å². The Bertz CT molecular complexity index is 1220. The summed E-state index contributed by atoms with van der Waals surface area (Å²) in [7, 11) is 2.00. The minimum atomic E-state index is -1.06. The lowest BCUT2D eigenvalue weighted by Gasteiger charge is -2.27. The molecule has 37 heavy (non-hydrogen) atoms. The third kappa shape index (κ3) is 6.74. The normalized spacial score (nSPS) is 17.7. The van der Waals surface area contributed by atoms with Crippen molar-refractivity contribution in [2.24, 2.45) is 5.92 Å². The Morgan fingerprint density at radius 2 is 1.65 bits per heavy atom. The summed E-state index contributed by atoms with van der Waals surface area (Å²) in [5.74, 6) is 0.447. The van der Waals surface area contributed by atoms with Crippen molar-refractivity contribution < 1.29 is 14.7 Å². The first-order chi connectivity index (χ1) is 17.7. The van der Waals surface area contributed by atoms with E-state index in [1.165, 1.54) is 0 Å². The van der Waals surface area contributed by atoms with E-state index in [1.54, 1.807) is 6.20 Å². The maximum absolute atomic E-state index is 12.8. The van der Waals surface area contributed by atoms with Crippen LogP contribution in [0.1, 0.15) is 51.5 Å². The lowest BCUT2D eigenvalue weighted by atomic mass is 9.84. The van der Waals surface area contributed by atoms with Crippen LogP contribution in [0, 0.1) is 5.92 Å². The van der Waals surface area contributed by atoms with E-state index in [0.29, 0.717) is 24.1 Å². The van der Waals surface area contributed by atoms with Crippen molar-refractivity contribution >= 4 is 17.7 Å². The van der Waals surface area contributed by atoms with Crippen molar-refractivity contribution in [1.29, 1.82) is 0 Å². The van der Waals surface area contributed by atoms with Gasteiger partial charge in [-0.15, -0.1) is 0 Å². The molecule has 0 unspecified atom stereocenters. The third-order valence-corrected chi connectivity index (χ3v) is 7.28. The highest BCUT2D eigenvalue weighted by atomic mass is 16.4. The van der Waals surface area contributed by atoms with Gasteiger partial charge >= 0.3 is 6.09 Å². The van der Waals surface area contributed by atoms with Crippen LogP contribution in [-0.2, 0) is 10.3 Å². The molecule has 7 heteroatoms. The minimum Gasteiger partial charge on any atom is -0.465 e. The average molecular weight is 501 g/mol. The standard InChI is InChI=1S/C30H36N4O3/c1-30(2,34-29(36)37)23-13-11-22(12-14-23)28-26(21-7-5-4-6-8-21)18-25(19-32-28)33-27(35)17-20-9-15-24(31-3)16-10-20/h4-8,11-14,18-20,24,31,34H,9-10,15-17H2,1-3H3,(H,33,35)(H,36,37)/t20-,24-. The lowest BCUT2D eigenvalue weighted by Crippen LogP contribution is -2.39. The molecule has 7 nitrogen and oxygen atoms in total. The fourth-order valence-electron chi connectivity index (χ4n) is 5.11. The van der Waals surface area contributed by atoms with Crippen LogP contribution in [-0.4, -0.2) is 35.2 Å². The molecule has 0 saturated heterocycles. The van der Waals surface area contributed by atoms with E-state index in [1.807, 2.05) is 81.6 Å². The van der Waals surface area contributed by atoms with Gasteiger partial charge in [-0.1, -0.05) is 54.6 Å². The van der Waals surface area contributed by atoms with E-state index in [-0.39, 0.29) is 5.91 Å². The van der Waals surface area contributed by atoms with Crippen molar-refractivity contribution in [3.8, 4) is 22.4 Å². The summed E-state index contributed by atoms with van der Waals surface area (Å²) < 4.78 is 0. The number of nitrogens with one attached hydrogen (secondary N) is 3. The molecular formula is C30H36N4O3. The molecule has 2 aromatic carbocycles.